The first kappa shape index (κ1) is 29.6. The van der Waals surface area contributed by atoms with Crippen molar-refractivity contribution in [3.63, 3.8) is 0 Å². The van der Waals surface area contributed by atoms with Crippen LogP contribution in [0.3, 0.4) is 0 Å². The van der Waals surface area contributed by atoms with E-state index < -0.39 is 0 Å². The highest BCUT2D eigenvalue weighted by molar-refractivity contribution is 6.55. The molecule has 0 aliphatic rings. The first-order chi connectivity index (χ1) is 15.8. The predicted octanol–water partition coefficient (Wildman–Crippen LogP) is 7.66. The van der Waals surface area contributed by atoms with Gasteiger partial charge in [0, 0.05) is 19.2 Å². The minimum Gasteiger partial charge on any atom is -0.493 e. The van der Waals surface area contributed by atoms with Gasteiger partial charge in [0.25, 0.3) is 0 Å². The molecular weight excluding hydrogens is 461 g/mol. The minimum absolute atomic E-state index is 0.212. The number of ether oxygens (including phenoxy) is 3. The number of halogens is 2. The molecule has 0 atom stereocenters. The average Bonchev–Trinajstić information content (AvgIpc) is 2.76. The lowest BCUT2D eigenvalue weighted by Gasteiger charge is -2.17. The normalized spacial score (nSPS) is 11.6. The van der Waals surface area contributed by atoms with Crippen molar-refractivity contribution in [1.82, 2.24) is 0 Å². The molecule has 0 unspecified atom stereocenters. The SMILES string of the molecule is CCc1cc(OCC=C(Cl)Cl)cc(CC)c1OCCCCCCOCC/C=N/OC(C)(C)C. The van der Waals surface area contributed by atoms with Gasteiger partial charge in [0.15, 0.2) is 0 Å². The summed E-state index contributed by atoms with van der Waals surface area (Å²) in [5.74, 6) is 1.81. The maximum atomic E-state index is 6.19. The summed E-state index contributed by atoms with van der Waals surface area (Å²) < 4.78 is 17.8. The molecule has 0 spiro atoms. The van der Waals surface area contributed by atoms with Crippen molar-refractivity contribution in [1.29, 1.82) is 0 Å². The topological polar surface area (TPSA) is 49.3 Å². The zero-order valence-corrected chi connectivity index (χ0v) is 22.4. The van der Waals surface area contributed by atoms with Gasteiger partial charge in [-0.05, 0) is 82.2 Å². The number of hydrogen-bond donors (Lipinski definition) is 0. The van der Waals surface area contributed by atoms with Crippen LogP contribution in [0, 0.1) is 0 Å². The lowest BCUT2D eigenvalue weighted by Crippen LogP contribution is -2.15. The van der Waals surface area contributed by atoms with Gasteiger partial charge in [0.05, 0.1) is 13.2 Å². The van der Waals surface area contributed by atoms with Gasteiger partial charge < -0.3 is 19.0 Å². The lowest BCUT2D eigenvalue weighted by molar-refractivity contribution is 0.00128. The second-order valence-corrected chi connectivity index (χ2v) is 9.75. The summed E-state index contributed by atoms with van der Waals surface area (Å²) in [6.45, 7) is 12.7. The van der Waals surface area contributed by atoms with Crippen LogP contribution in [-0.2, 0) is 22.4 Å². The third kappa shape index (κ3) is 14.4. The Morgan fingerprint density at radius 1 is 0.909 bits per heavy atom. The third-order valence-corrected chi connectivity index (χ3v) is 5.00. The van der Waals surface area contributed by atoms with Crippen molar-refractivity contribution in [2.45, 2.75) is 85.2 Å². The Morgan fingerprint density at radius 3 is 2.12 bits per heavy atom. The van der Waals surface area contributed by atoms with Crippen LogP contribution in [0.15, 0.2) is 27.9 Å². The van der Waals surface area contributed by atoms with Gasteiger partial charge in [0.1, 0.15) is 28.2 Å². The van der Waals surface area contributed by atoms with Crippen LogP contribution in [0.2, 0.25) is 0 Å². The number of aryl methyl sites for hydroxylation is 2. The van der Waals surface area contributed by atoms with E-state index in [1.54, 1.807) is 12.3 Å². The summed E-state index contributed by atoms with van der Waals surface area (Å²) in [6.07, 6.45) is 10.3. The molecule has 33 heavy (non-hydrogen) atoms. The number of unbranched alkanes of at least 4 members (excludes halogenated alkanes) is 3. The molecule has 0 aliphatic carbocycles. The Hall–Kier alpha value is -1.43. The van der Waals surface area contributed by atoms with Crippen molar-refractivity contribution >= 4 is 29.4 Å². The number of rotatable bonds is 17. The van der Waals surface area contributed by atoms with Crippen molar-refractivity contribution < 1.29 is 19.0 Å². The largest absolute Gasteiger partial charge is 0.493 e. The summed E-state index contributed by atoms with van der Waals surface area (Å²) >= 11 is 11.3. The van der Waals surface area contributed by atoms with Gasteiger partial charge in [-0.1, -0.05) is 48.6 Å². The van der Waals surface area contributed by atoms with E-state index in [9.17, 15) is 0 Å². The molecule has 0 fully saturated rings. The maximum Gasteiger partial charge on any atom is 0.129 e. The fourth-order valence-corrected chi connectivity index (χ4v) is 3.16. The van der Waals surface area contributed by atoms with Gasteiger partial charge in [-0.15, -0.1) is 0 Å². The molecule has 188 valence electrons. The first-order valence-electron chi connectivity index (χ1n) is 12.0. The smallest absolute Gasteiger partial charge is 0.129 e. The third-order valence-electron chi connectivity index (χ3n) is 4.69. The maximum absolute atomic E-state index is 6.19. The molecular formula is C26H41Cl2NO4. The Kier molecular flexibility index (Phi) is 15.3. The summed E-state index contributed by atoms with van der Waals surface area (Å²) in [5, 5.41) is 3.95. The van der Waals surface area contributed by atoms with Crippen LogP contribution in [0.1, 0.15) is 77.8 Å². The van der Waals surface area contributed by atoms with Gasteiger partial charge in [-0.2, -0.15) is 0 Å². The number of nitrogens with zero attached hydrogens (tertiary/aromatic N) is 1. The van der Waals surface area contributed by atoms with Crippen molar-refractivity contribution in [3.05, 3.63) is 33.8 Å². The highest BCUT2D eigenvalue weighted by Gasteiger charge is 2.11. The summed E-state index contributed by atoms with van der Waals surface area (Å²) in [4.78, 5) is 5.29. The molecule has 7 heteroatoms. The molecule has 0 aliphatic heterocycles. The Balaban J connectivity index is 2.26. The number of hydrogen-bond acceptors (Lipinski definition) is 5. The fraction of sp³-hybridized carbons (Fsp3) is 0.654. The fourth-order valence-electron chi connectivity index (χ4n) is 3.04. The van der Waals surface area contributed by atoms with Crippen molar-refractivity contribution in [2.24, 2.45) is 5.16 Å². The van der Waals surface area contributed by atoms with Gasteiger partial charge in [0.2, 0.25) is 0 Å². The molecule has 0 saturated carbocycles. The van der Waals surface area contributed by atoms with E-state index in [1.165, 1.54) is 0 Å². The molecule has 1 aromatic carbocycles. The van der Waals surface area contributed by atoms with Crippen LogP contribution in [0.4, 0.5) is 0 Å². The van der Waals surface area contributed by atoms with Crippen LogP contribution in [0.25, 0.3) is 0 Å². The van der Waals surface area contributed by atoms with E-state index in [1.807, 2.05) is 32.9 Å². The zero-order valence-electron chi connectivity index (χ0n) is 20.9. The van der Waals surface area contributed by atoms with Gasteiger partial charge >= 0.3 is 0 Å². The van der Waals surface area contributed by atoms with Gasteiger partial charge in [-0.25, -0.2) is 0 Å². The lowest BCUT2D eigenvalue weighted by atomic mass is 10.0. The molecule has 0 saturated heterocycles. The van der Waals surface area contributed by atoms with Crippen molar-refractivity contribution in [2.75, 3.05) is 26.4 Å². The second-order valence-electron chi connectivity index (χ2n) is 8.74. The molecule has 0 aromatic heterocycles. The van der Waals surface area contributed by atoms with E-state index in [4.69, 9.17) is 42.3 Å². The first-order valence-corrected chi connectivity index (χ1v) is 12.7. The monoisotopic (exact) mass is 501 g/mol. The van der Waals surface area contributed by atoms with E-state index in [0.29, 0.717) is 13.2 Å². The molecule has 1 aromatic rings. The van der Waals surface area contributed by atoms with E-state index in [-0.39, 0.29) is 10.1 Å². The minimum atomic E-state index is -0.244. The van der Waals surface area contributed by atoms with Crippen LogP contribution in [-0.4, -0.2) is 38.2 Å². The Labute approximate surface area is 210 Å². The molecule has 0 N–H and O–H groups in total. The van der Waals surface area contributed by atoms with Gasteiger partial charge in [-0.3, -0.25) is 0 Å². The average molecular weight is 503 g/mol. The van der Waals surface area contributed by atoms with E-state index in [0.717, 1.165) is 80.8 Å². The quantitative estimate of drug-likeness (QED) is 0.125. The number of oxime groups is 1. The second kappa shape index (κ2) is 17.1. The molecule has 0 amide bonds. The zero-order chi connectivity index (χ0) is 24.5. The van der Waals surface area contributed by atoms with Crippen molar-refractivity contribution in [3.8, 4) is 11.5 Å². The predicted molar refractivity (Wildman–Crippen MR) is 139 cm³/mol. The highest BCUT2D eigenvalue weighted by atomic mass is 35.5. The molecule has 1 rings (SSSR count). The number of benzene rings is 1. The molecule has 0 heterocycles. The Bertz CT molecular complexity index is 700. The molecule has 0 radical (unpaired) electrons. The summed E-state index contributed by atoms with van der Waals surface area (Å²) in [7, 11) is 0. The van der Waals surface area contributed by atoms with Crippen LogP contribution >= 0.6 is 23.2 Å². The van der Waals surface area contributed by atoms with Crippen LogP contribution in [0.5, 0.6) is 11.5 Å². The summed E-state index contributed by atoms with van der Waals surface area (Å²) in [5.41, 5.74) is 2.08. The highest BCUT2D eigenvalue weighted by Crippen LogP contribution is 2.31. The molecule has 0 bridgehead atoms. The van der Waals surface area contributed by atoms with E-state index in [2.05, 4.69) is 19.0 Å². The standard InChI is InChI=1S/C26H41Cl2NO4/c1-6-21-19-23(31-18-13-24(27)28)20-22(7-2)25(21)32-17-11-9-8-10-15-30-16-12-14-29-33-26(3,4)5/h13-14,19-20H,6-12,15-18H2,1-5H3/b29-14+. The summed E-state index contributed by atoms with van der Waals surface area (Å²) in [6, 6.07) is 4.09. The Morgan fingerprint density at radius 2 is 1.55 bits per heavy atom. The van der Waals surface area contributed by atoms with Crippen LogP contribution < -0.4 is 9.47 Å². The van der Waals surface area contributed by atoms with E-state index >= 15 is 0 Å². The molecule has 5 nitrogen and oxygen atoms in total.